The Kier molecular flexibility index (Phi) is 6.87. The van der Waals surface area contributed by atoms with Gasteiger partial charge in [0.05, 0.1) is 26.4 Å². The summed E-state index contributed by atoms with van der Waals surface area (Å²) in [4.78, 5) is 27.9. The second-order valence-corrected chi connectivity index (χ2v) is 7.65. The molecule has 0 saturated carbocycles. The molecule has 2 aromatic rings. The number of carbonyl (C=O) groups is 2. The second-order valence-electron chi connectivity index (χ2n) is 7.65. The highest BCUT2D eigenvalue weighted by Crippen LogP contribution is 2.28. The van der Waals surface area contributed by atoms with E-state index in [2.05, 4.69) is 5.32 Å². The summed E-state index contributed by atoms with van der Waals surface area (Å²) in [6, 6.07) is 16.6. The lowest BCUT2D eigenvalue weighted by Crippen LogP contribution is -2.43. The van der Waals surface area contributed by atoms with Gasteiger partial charge in [0.1, 0.15) is 6.10 Å². The van der Waals surface area contributed by atoms with E-state index in [-0.39, 0.29) is 19.1 Å². The predicted molar refractivity (Wildman–Crippen MR) is 116 cm³/mol. The van der Waals surface area contributed by atoms with Gasteiger partial charge in [0, 0.05) is 17.9 Å². The van der Waals surface area contributed by atoms with Crippen LogP contribution < -0.4 is 15.1 Å². The summed E-state index contributed by atoms with van der Waals surface area (Å²) in [5.74, 6) is -0.372. The van der Waals surface area contributed by atoms with Crippen molar-refractivity contribution in [3.8, 4) is 0 Å². The van der Waals surface area contributed by atoms with Gasteiger partial charge in [0.25, 0.3) is 5.91 Å². The fourth-order valence-corrected chi connectivity index (χ4v) is 3.60. The second kappa shape index (κ2) is 9.97. The number of alkyl halides is 1. The maximum Gasteiger partial charge on any atom is 0.416 e. The number of hydrogen-bond donors (Lipinski definition) is 1. The van der Waals surface area contributed by atoms with Crippen LogP contribution >= 0.6 is 0 Å². The predicted octanol–water partition coefficient (Wildman–Crippen LogP) is 2.82. The van der Waals surface area contributed by atoms with E-state index in [1.165, 1.54) is 4.90 Å². The van der Waals surface area contributed by atoms with Crippen LogP contribution in [0.4, 0.5) is 20.6 Å². The number of amides is 2. The number of morpholine rings is 1. The van der Waals surface area contributed by atoms with E-state index >= 15 is 0 Å². The molecular formula is C23H26FN3O5. The molecule has 0 bridgehead atoms. The van der Waals surface area contributed by atoms with Crippen molar-refractivity contribution in [3.05, 3.63) is 60.2 Å². The number of nitrogens with one attached hydrogen (secondary N) is 1. The highest BCUT2D eigenvalue weighted by atomic mass is 19.1. The SMILES string of the molecule is CC(OCc1ccccc1)C(=O)NC1CN(c2cccc(N3CCOCC3F)c2)C(=O)O1. The number of ether oxygens (including phenoxy) is 3. The molecule has 3 unspecified atom stereocenters. The molecule has 0 spiro atoms. The zero-order valence-corrected chi connectivity index (χ0v) is 17.8. The minimum atomic E-state index is -1.24. The molecule has 2 aliphatic rings. The van der Waals surface area contributed by atoms with Crippen molar-refractivity contribution in [1.82, 2.24) is 5.32 Å². The summed E-state index contributed by atoms with van der Waals surface area (Å²) < 4.78 is 30.3. The summed E-state index contributed by atoms with van der Waals surface area (Å²) in [6.07, 6.45) is -3.34. The first kappa shape index (κ1) is 22.0. The highest BCUT2D eigenvalue weighted by Gasteiger charge is 2.34. The van der Waals surface area contributed by atoms with Gasteiger partial charge in [-0.1, -0.05) is 36.4 Å². The lowest BCUT2D eigenvalue weighted by molar-refractivity contribution is -0.134. The van der Waals surface area contributed by atoms with Crippen molar-refractivity contribution in [2.75, 3.05) is 36.1 Å². The smallest absolute Gasteiger partial charge is 0.416 e. The fourth-order valence-electron chi connectivity index (χ4n) is 3.60. The first-order valence-electron chi connectivity index (χ1n) is 10.5. The number of carbonyl (C=O) groups excluding carboxylic acids is 2. The normalized spacial score (nSPS) is 21.9. The lowest BCUT2D eigenvalue weighted by atomic mass is 10.2. The van der Waals surface area contributed by atoms with Crippen LogP contribution in [-0.4, -0.2) is 56.9 Å². The molecule has 2 aliphatic heterocycles. The summed E-state index contributed by atoms with van der Waals surface area (Å²) in [5.41, 5.74) is 2.18. The number of benzene rings is 2. The lowest BCUT2D eigenvalue weighted by Gasteiger charge is -2.32. The summed E-state index contributed by atoms with van der Waals surface area (Å²) in [7, 11) is 0. The standard InChI is InChI=1S/C23H26FN3O5/c1-16(31-14-17-6-3-2-4-7-17)22(28)25-21-13-27(23(29)32-21)19-9-5-8-18(12-19)26-10-11-30-15-20(26)24/h2-9,12,16,20-21H,10-11,13-15H2,1H3,(H,25,28). The van der Waals surface area contributed by atoms with Crippen LogP contribution in [0.25, 0.3) is 0 Å². The van der Waals surface area contributed by atoms with Crippen LogP contribution in [0.2, 0.25) is 0 Å². The number of hydrogen-bond acceptors (Lipinski definition) is 6. The molecule has 170 valence electrons. The molecule has 9 heteroatoms. The highest BCUT2D eigenvalue weighted by molar-refractivity contribution is 5.91. The van der Waals surface area contributed by atoms with E-state index in [9.17, 15) is 14.0 Å². The van der Waals surface area contributed by atoms with Gasteiger partial charge in [-0.2, -0.15) is 0 Å². The van der Waals surface area contributed by atoms with Crippen molar-refractivity contribution in [1.29, 1.82) is 0 Å². The molecule has 0 aliphatic carbocycles. The molecule has 2 amide bonds. The van der Waals surface area contributed by atoms with E-state index < -0.39 is 24.7 Å². The van der Waals surface area contributed by atoms with Crippen LogP contribution in [0.15, 0.2) is 54.6 Å². The van der Waals surface area contributed by atoms with Gasteiger partial charge in [-0.3, -0.25) is 9.69 Å². The number of nitrogens with zero attached hydrogens (tertiary/aromatic N) is 2. The van der Waals surface area contributed by atoms with Crippen molar-refractivity contribution in [2.24, 2.45) is 0 Å². The van der Waals surface area contributed by atoms with Crippen LogP contribution in [0.5, 0.6) is 0 Å². The maximum absolute atomic E-state index is 14.2. The van der Waals surface area contributed by atoms with Gasteiger partial charge in [-0.25, -0.2) is 9.18 Å². The van der Waals surface area contributed by atoms with E-state index in [4.69, 9.17) is 14.2 Å². The van der Waals surface area contributed by atoms with Gasteiger partial charge in [0.15, 0.2) is 12.5 Å². The minimum absolute atomic E-state index is 0.00855. The third-order valence-electron chi connectivity index (χ3n) is 5.37. The van der Waals surface area contributed by atoms with Gasteiger partial charge < -0.3 is 24.4 Å². The molecular weight excluding hydrogens is 417 g/mol. The molecule has 0 aromatic heterocycles. The van der Waals surface area contributed by atoms with Crippen molar-refractivity contribution in [3.63, 3.8) is 0 Å². The summed E-state index contributed by atoms with van der Waals surface area (Å²) in [5, 5.41) is 2.69. The Hall–Kier alpha value is -3.17. The van der Waals surface area contributed by atoms with E-state index in [0.29, 0.717) is 31.1 Å². The Morgan fingerprint density at radius 1 is 1.22 bits per heavy atom. The van der Waals surface area contributed by atoms with Crippen LogP contribution in [-0.2, 0) is 25.6 Å². The molecule has 2 saturated heterocycles. The first-order chi connectivity index (χ1) is 15.5. The molecule has 1 N–H and O–H groups in total. The molecule has 0 radical (unpaired) electrons. The Labute approximate surface area is 185 Å². The molecule has 2 heterocycles. The topological polar surface area (TPSA) is 80.3 Å². The van der Waals surface area contributed by atoms with Gasteiger partial charge in [0.2, 0.25) is 0 Å². The number of halogens is 1. The van der Waals surface area contributed by atoms with Crippen molar-refractivity contribution >= 4 is 23.4 Å². The number of anilines is 2. The van der Waals surface area contributed by atoms with Crippen LogP contribution in [0, 0.1) is 0 Å². The molecule has 2 aromatic carbocycles. The molecule has 8 nitrogen and oxygen atoms in total. The number of rotatable bonds is 7. The Morgan fingerprint density at radius 3 is 2.78 bits per heavy atom. The number of cyclic esters (lactones) is 1. The van der Waals surface area contributed by atoms with Gasteiger partial charge in [-0.15, -0.1) is 0 Å². The molecule has 4 rings (SSSR count). The van der Waals surface area contributed by atoms with Gasteiger partial charge in [-0.05, 0) is 30.7 Å². The van der Waals surface area contributed by atoms with Crippen molar-refractivity contribution in [2.45, 2.75) is 32.2 Å². The molecule has 3 atom stereocenters. The Morgan fingerprint density at radius 2 is 2.00 bits per heavy atom. The zero-order chi connectivity index (χ0) is 22.5. The maximum atomic E-state index is 14.2. The van der Waals surface area contributed by atoms with Crippen molar-refractivity contribution < 1.29 is 28.2 Å². The third kappa shape index (κ3) is 5.17. The summed E-state index contributed by atoms with van der Waals surface area (Å²) in [6.45, 7) is 2.96. The van der Waals surface area contributed by atoms with E-state index in [1.54, 1.807) is 36.1 Å². The monoisotopic (exact) mass is 443 g/mol. The average Bonchev–Trinajstić information content (AvgIpc) is 3.18. The van der Waals surface area contributed by atoms with E-state index in [1.807, 2.05) is 30.3 Å². The summed E-state index contributed by atoms with van der Waals surface area (Å²) >= 11 is 0. The quantitative estimate of drug-likeness (QED) is 0.663. The average molecular weight is 443 g/mol. The van der Waals surface area contributed by atoms with Crippen LogP contribution in [0.3, 0.4) is 0 Å². The molecule has 2 fully saturated rings. The largest absolute Gasteiger partial charge is 0.423 e. The third-order valence-corrected chi connectivity index (χ3v) is 5.37. The Bertz CT molecular complexity index is 944. The first-order valence-corrected chi connectivity index (χ1v) is 10.5. The minimum Gasteiger partial charge on any atom is -0.423 e. The van der Waals surface area contributed by atoms with Crippen LogP contribution in [0.1, 0.15) is 12.5 Å². The van der Waals surface area contributed by atoms with E-state index in [0.717, 1.165) is 5.56 Å². The molecule has 32 heavy (non-hydrogen) atoms. The zero-order valence-electron chi connectivity index (χ0n) is 17.8. The fraction of sp³-hybridized carbons (Fsp3) is 0.391. The Balaban J connectivity index is 1.34. The van der Waals surface area contributed by atoms with Gasteiger partial charge >= 0.3 is 6.09 Å².